The molecule has 0 saturated carbocycles. The quantitative estimate of drug-likeness (QED) is 0.882. The maximum atomic E-state index is 4.69. The predicted molar refractivity (Wildman–Crippen MR) is 86.0 cm³/mol. The van der Waals surface area contributed by atoms with Crippen molar-refractivity contribution in [3.63, 3.8) is 0 Å². The molecular formula is C16H24N2S. The van der Waals surface area contributed by atoms with E-state index < -0.39 is 0 Å². The number of benzene rings is 1. The van der Waals surface area contributed by atoms with Gasteiger partial charge in [-0.25, -0.2) is 0 Å². The van der Waals surface area contributed by atoms with Gasteiger partial charge in [-0.15, -0.1) is 0 Å². The minimum Gasteiger partial charge on any atom is -0.361 e. The molecule has 0 bridgehead atoms. The summed E-state index contributed by atoms with van der Waals surface area (Å²) in [7, 11) is 0. The number of hydrogen-bond donors (Lipinski definition) is 1. The van der Waals surface area contributed by atoms with E-state index in [1.807, 2.05) is 11.8 Å². The van der Waals surface area contributed by atoms with Gasteiger partial charge in [0.2, 0.25) is 0 Å². The Labute approximate surface area is 121 Å². The van der Waals surface area contributed by atoms with Gasteiger partial charge in [-0.05, 0) is 23.8 Å². The zero-order valence-electron chi connectivity index (χ0n) is 12.1. The Balaban J connectivity index is 1.78. The van der Waals surface area contributed by atoms with Crippen LogP contribution in [0.1, 0.15) is 38.7 Å². The fraction of sp³-hybridized carbons (Fsp3) is 0.562. The Kier molecular flexibility index (Phi) is 5.32. The van der Waals surface area contributed by atoms with Crippen LogP contribution >= 0.6 is 11.8 Å². The Morgan fingerprint density at radius 3 is 2.63 bits per heavy atom. The smallest absolute Gasteiger partial charge is 0.156 e. The summed E-state index contributed by atoms with van der Waals surface area (Å²) >= 11 is 1.87. The largest absolute Gasteiger partial charge is 0.361 e. The van der Waals surface area contributed by atoms with Gasteiger partial charge in [-0.2, -0.15) is 0 Å². The van der Waals surface area contributed by atoms with Crippen LogP contribution in [-0.2, 0) is 0 Å². The molecule has 1 aliphatic heterocycles. The van der Waals surface area contributed by atoms with E-state index in [1.165, 1.54) is 5.56 Å². The molecule has 0 amide bonds. The standard InChI is InChI=1S/C16H24N2S/c1-12(2)15-11-19-16(18-15)17-10-9-13(3)14-7-5-4-6-8-14/h4-8,12-13,15H,9-11H2,1-3H3,(H,17,18)/t13?,15-/m1/s1. The van der Waals surface area contributed by atoms with E-state index in [1.54, 1.807) is 0 Å². The first-order chi connectivity index (χ1) is 9.16. The second-order valence-electron chi connectivity index (χ2n) is 5.59. The maximum Gasteiger partial charge on any atom is 0.156 e. The zero-order chi connectivity index (χ0) is 13.7. The van der Waals surface area contributed by atoms with Crippen LogP contribution in [0.2, 0.25) is 0 Å². The highest BCUT2D eigenvalue weighted by Crippen LogP contribution is 2.21. The van der Waals surface area contributed by atoms with Crippen LogP contribution in [0.5, 0.6) is 0 Å². The van der Waals surface area contributed by atoms with Gasteiger partial charge in [0, 0.05) is 18.3 Å². The normalized spacial score (nSPS) is 22.7. The minimum absolute atomic E-state index is 0.581. The highest BCUT2D eigenvalue weighted by molar-refractivity contribution is 8.14. The van der Waals surface area contributed by atoms with Crippen molar-refractivity contribution in [3.05, 3.63) is 35.9 Å². The first kappa shape index (κ1) is 14.4. The summed E-state index contributed by atoms with van der Waals surface area (Å²) in [5.41, 5.74) is 1.41. The number of thioether (sulfide) groups is 1. The molecule has 0 aliphatic carbocycles. The fourth-order valence-corrected chi connectivity index (χ4v) is 3.39. The van der Waals surface area contributed by atoms with Crippen LogP contribution in [0.4, 0.5) is 0 Å². The van der Waals surface area contributed by atoms with Crippen molar-refractivity contribution in [2.45, 2.75) is 39.2 Å². The summed E-state index contributed by atoms with van der Waals surface area (Å²) in [5.74, 6) is 2.42. The van der Waals surface area contributed by atoms with E-state index in [0.717, 1.165) is 23.9 Å². The Morgan fingerprint density at radius 2 is 2.00 bits per heavy atom. The SMILES string of the molecule is CC(CCN=C1N[C@@H](C(C)C)CS1)c1ccccc1. The highest BCUT2D eigenvalue weighted by Gasteiger charge is 2.22. The van der Waals surface area contributed by atoms with Crippen molar-refractivity contribution in [1.29, 1.82) is 0 Å². The molecule has 1 N–H and O–H groups in total. The molecule has 0 radical (unpaired) electrons. The van der Waals surface area contributed by atoms with Gasteiger partial charge in [0.05, 0.1) is 0 Å². The predicted octanol–water partition coefficient (Wildman–Crippen LogP) is 3.90. The molecular weight excluding hydrogens is 252 g/mol. The Morgan fingerprint density at radius 1 is 1.26 bits per heavy atom. The van der Waals surface area contributed by atoms with Crippen LogP contribution in [0, 0.1) is 5.92 Å². The number of nitrogens with zero attached hydrogens (tertiary/aromatic N) is 1. The highest BCUT2D eigenvalue weighted by atomic mass is 32.2. The number of aliphatic imine (C=N–C) groups is 1. The summed E-state index contributed by atoms with van der Waals surface area (Å²) in [5, 5.41) is 4.65. The molecule has 19 heavy (non-hydrogen) atoms. The molecule has 1 aromatic rings. The minimum atomic E-state index is 0.581. The van der Waals surface area contributed by atoms with E-state index in [2.05, 4.69) is 61.4 Å². The van der Waals surface area contributed by atoms with Crippen LogP contribution in [0.25, 0.3) is 0 Å². The van der Waals surface area contributed by atoms with E-state index in [4.69, 9.17) is 0 Å². The van der Waals surface area contributed by atoms with Crippen molar-refractivity contribution in [3.8, 4) is 0 Å². The summed E-state index contributed by atoms with van der Waals surface area (Å²) in [4.78, 5) is 4.69. The van der Waals surface area contributed by atoms with Gasteiger partial charge in [0.15, 0.2) is 5.17 Å². The van der Waals surface area contributed by atoms with Gasteiger partial charge in [0.25, 0.3) is 0 Å². The van der Waals surface area contributed by atoms with E-state index in [0.29, 0.717) is 17.9 Å². The molecule has 1 aliphatic rings. The summed E-state index contributed by atoms with van der Waals surface area (Å²) in [6.07, 6.45) is 1.11. The third kappa shape index (κ3) is 4.27. The number of nitrogens with one attached hydrogen (secondary N) is 1. The average molecular weight is 276 g/mol. The second kappa shape index (κ2) is 6.99. The Hall–Kier alpha value is -0.960. The number of hydrogen-bond acceptors (Lipinski definition) is 2. The van der Waals surface area contributed by atoms with Crippen LogP contribution in [0.15, 0.2) is 35.3 Å². The molecule has 1 fully saturated rings. The maximum absolute atomic E-state index is 4.69. The number of rotatable bonds is 5. The molecule has 0 aromatic heterocycles. The lowest BCUT2D eigenvalue weighted by Crippen LogP contribution is -2.31. The Bertz CT molecular complexity index is 414. The van der Waals surface area contributed by atoms with Crippen LogP contribution < -0.4 is 5.32 Å². The van der Waals surface area contributed by atoms with Gasteiger partial charge in [0.1, 0.15) is 0 Å². The van der Waals surface area contributed by atoms with Crippen molar-refractivity contribution in [2.24, 2.45) is 10.9 Å². The first-order valence-electron chi connectivity index (χ1n) is 7.15. The summed E-state index contributed by atoms with van der Waals surface area (Å²) in [6.45, 7) is 7.72. The fourth-order valence-electron chi connectivity index (χ4n) is 2.17. The molecule has 104 valence electrons. The van der Waals surface area contributed by atoms with Crippen molar-refractivity contribution in [1.82, 2.24) is 5.32 Å². The van der Waals surface area contributed by atoms with Gasteiger partial charge in [-0.3, -0.25) is 4.99 Å². The molecule has 1 aromatic carbocycles. The molecule has 0 spiro atoms. The summed E-state index contributed by atoms with van der Waals surface area (Å²) < 4.78 is 0. The molecule has 1 saturated heterocycles. The summed E-state index contributed by atoms with van der Waals surface area (Å²) in [6, 6.07) is 11.3. The van der Waals surface area contributed by atoms with Gasteiger partial charge >= 0.3 is 0 Å². The average Bonchev–Trinajstić information content (AvgIpc) is 2.89. The van der Waals surface area contributed by atoms with Gasteiger partial charge < -0.3 is 5.32 Å². The lowest BCUT2D eigenvalue weighted by Gasteiger charge is -2.13. The topological polar surface area (TPSA) is 24.4 Å². The van der Waals surface area contributed by atoms with Crippen LogP contribution in [-0.4, -0.2) is 23.5 Å². The molecule has 1 unspecified atom stereocenters. The zero-order valence-corrected chi connectivity index (χ0v) is 12.9. The third-order valence-corrected chi connectivity index (χ3v) is 4.75. The van der Waals surface area contributed by atoms with Crippen LogP contribution in [0.3, 0.4) is 0 Å². The second-order valence-corrected chi connectivity index (χ2v) is 6.60. The monoisotopic (exact) mass is 276 g/mol. The molecule has 1 heterocycles. The molecule has 3 heteroatoms. The lowest BCUT2D eigenvalue weighted by atomic mass is 9.98. The number of amidine groups is 1. The van der Waals surface area contributed by atoms with Crippen molar-refractivity contribution < 1.29 is 0 Å². The molecule has 2 rings (SSSR count). The van der Waals surface area contributed by atoms with Crippen molar-refractivity contribution in [2.75, 3.05) is 12.3 Å². The first-order valence-corrected chi connectivity index (χ1v) is 8.14. The van der Waals surface area contributed by atoms with E-state index in [9.17, 15) is 0 Å². The van der Waals surface area contributed by atoms with E-state index >= 15 is 0 Å². The van der Waals surface area contributed by atoms with Gasteiger partial charge in [-0.1, -0.05) is 62.9 Å². The van der Waals surface area contributed by atoms with E-state index in [-0.39, 0.29) is 0 Å². The third-order valence-electron chi connectivity index (χ3n) is 3.70. The molecule has 2 nitrogen and oxygen atoms in total. The lowest BCUT2D eigenvalue weighted by molar-refractivity contribution is 0.503. The molecule has 2 atom stereocenters. The van der Waals surface area contributed by atoms with Crippen molar-refractivity contribution >= 4 is 16.9 Å².